The summed E-state index contributed by atoms with van der Waals surface area (Å²) in [5.41, 5.74) is 11.1. The molecule has 0 atom stereocenters. The van der Waals surface area contributed by atoms with Crippen molar-refractivity contribution >= 4 is 5.82 Å². The average molecular weight is 250 g/mol. The molecule has 0 amide bonds. The van der Waals surface area contributed by atoms with Crippen molar-refractivity contribution in [2.75, 3.05) is 5.73 Å². The van der Waals surface area contributed by atoms with Crippen LogP contribution in [0.25, 0.3) is 22.4 Å². The standard InChI is InChI=1S/C15H14N4/c1-10-2-4-11(5-3-10)13-14(18-19-15(13)16)12-6-8-17-9-7-12/h2-9H,1H3,(H3,16,18,19). The summed E-state index contributed by atoms with van der Waals surface area (Å²) >= 11 is 0. The number of nitrogens with one attached hydrogen (secondary N) is 1. The van der Waals surface area contributed by atoms with Crippen molar-refractivity contribution < 1.29 is 0 Å². The Hall–Kier alpha value is -2.62. The first-order valence-electron chi connectivity index (χ1n) is 6.07. The zero-order chi connectivity index (χ0) is 13.2. The van der Waals surface area contributed by atoms with E-state index in [1.54, 1.807) is 12.4 Å². The Morgan fingerprint density at radius 3 is 2.32 bits per heavy atom. The molecule has 19 heavy (non-hydrogen) atoms. The van der Waals surface area contributed by atoms with Gasteiger partial charge in [0.15, 0.2) is 5.82 Å². The van der Waals surface area contributed by atoms with Crippen LogP contribution in [0.4, 0.5) is 5.82 Å². The highest BCUT2D eigenvalue weighted by Gasteiger charge is 2.14. The number of rotatable bonds is 2. The molecule has 0 fully saturated rings. The molecule has 1 aromatic carbocycles. The lowest BCUT2D eigenvalue weighted by molar-refractivity contribution is 1.10. The summed E-state index contributed by atoms with van der Waals surface area (Å²) in [7, 11) is 0. The van der Waals surface area contributed by atoms with E-state index < -0.39 is 0 Å². The van der Waals surface area contributed by atoms with E-state index in [1.165, 1.54) is 5.56 Å². The smallest absolute Gasteiger partial charge is 0.153 e. The molecule has 2 aromatic heterocycles. The summed E-state index contributed by atoms with van der Waals surface area (Å²) in [6.45, 7) is 2.06. The summed E-state index contributed by atoms with van der Waals surface area (Å²) < 4.78 is 0. The molecule has 3 aromatic rings. The summed E-state index contributed by atoms with van der Waals surface area (Å²) in [6.07, 6.45) is 3.51. The third kappa shape index (κ3) is 2.08. The van der Waals surface area contributed by atoms with Gasteiger partial charge in [-0.15, -0.1) is 0 Å². The molecule has 0 saturated carbocycles. The van der Waals surface area contributed by atoms with Gasteiger partial charge in [0.1, 0.15) is 0 Å². The highest BCUT2D eigenvalue weighted by atomic mass is 15.2. The number of hydrogen-bond donors (Lipinski definition) is 2. The van der Waals surface area contributed by atoms with Crippen LogP contribution in [-0.4, -0.2) is 15.2 Å². The number of aryl methyl sites for hydroxylation is 1. The fourth-order valence-electron chi connectivity index (χ4n) is 2.10. The van der Waals surface area contributed by atoms with E-state index in [4.69, 9.17) is 5.73 Å². The molecule has 2 heterocycles. The van der Waals surface area contributed by atoms with Crippen LogP contribution in [0.5, 0.6) is 0 Å². The number of pyridine rings is 1. The van der Waals surface area contributed by atoms with Gasteiger partial charge in [0, 0.05) is 18.0 Å². The van der Waals surface area contributed by atoms with E-state index in [0.29, 0.717) is 5.82 Å². The molecule has 94 valence electrons. The highest BCUT2D eigenvalue weighted by molar-refractivity contribution is 5.87. The van der Waals surface area contributed by atoms with Gasteiger partial charge in [-0.05, 0) is 24.6 Å². The second kappa shape index (κ2) is 4.57. The Morgan fingerprint density at radius 2 is 1.63 bits per heavy atom. The van der Waals surface area contributed by atoms with E-state index in [-0.39, 0.29) is 0 Å². The number of nitrogen functional groups attached to an aromatic ring is 1. The van der Waals surface area contributed by atoms with Crippen molar-refractivity contribution in [3.05, 3.63) is 54.4 Å². The monoisotopic (exact) mass is 250 g/mol. The van der Waals surface area contributed by atoms with Crippen LogP contribution < -0.4 is 5.73 Å². The minimum Gasteiger partial charge on any atom is -0.382 e. The first-order chi connectivity index (χ1) is 9.25. The Morgan fingerprint density at radius 1 is 0.947 bits per heavy atom. The maximum atomic E-state index is 5.99. The average Bonchev–Trinajstić information content (AvgIpc) is 2.83. The van der Waals surface area contributed by atoms with Gasteiger partial charge in [0.25, 0.3) is 0 Å². The predicted molar refractivity (Wildman–Crippen MR) is 76.4 cm³/mol. The molecule has 0 spiro atoms. The lowest BCUT2D eigenvalue weighted by Gasteiger charge is -2.05. The van der Waals surface area contributed by atoms with Crippen molar-refractivity contribution in [1.82, 2.24) is 15.2 Å². The highest BCUT2D eigenvalue weighted by Crippen LogP contribution is 2.34. The second-order valence-corrected chi connectivity index (χ2v) is 4.46. The molecule has 0 saturated heterocycles. The normalized spacial score (nSPS) is 10.6. The van der Waals surface area contributed by atoms with Gasteiger partial charge in [-0.2, -0.15) is 5.10 Å². The van der Waals surface area contributed by atoms with Crippen molar-refractivity contribution in [1.29, 1.82) is 0 Å². The third-order valence-corrected chi connectivity index (χ3v) is 3.10. The summed E-state index contributed by atoms with van der Waals surface area (Å²) in [6, 6.07) is 12.1. The molecular formula is C15H14N4. The SMILES string of the molecule is Cc1ccc(-c2c(N)n[nH]c2-c2ccncc2)cc1. The molecule has 3 N–H and O–H groups in total. The fraction of sp³-hybridized carbons (Fsp3) is 0.0667. The number of nitrogens with two attached hydrogens (primary N) is 1. The largest absolute Gasteiger partial charge is 0.382 e. The van der Waals surface area contributed by atoms with Crippen LogP contribution in [0.3, 0.4) is 0 Å². The fourth-order valence-corrected chi connectivity index (χ4v) is 2.10. The van der Waals surface area contributed by atoms with Gasteiger partial charge >= 0.3 is 0 Å². The first-order valence-corrected chi connectivity index (χ1v) is 6.07. The van der Waals surface area contributed by atoms with E-state index in [2.05, 4.69) is 46.4 Å². The maximum Gasteiger partial charge on any atom is 0.153 e. The van der Waals surface area contributed by atoms with Gasteiger partial charge in [-0.1, -0.05) is 29.8 Å². The van der Waals surface area contributed by atoms with E-state index >= 15 is 0 Å². The maximum absolute atomic E-state index is 5.99. The first kappa shape index (κ1) is 11.5. The molecule has 4 heteroatoms. The molecule has 4 nitrogen and oxygen atoms in total. The zero-order valence-corrected chi connectivity index (χ0v) is 10.6. The number of nitrogens with zero attached hydrogens (tertiary/aromatic N) is 2. The molecule has 3 rings (SSSR count). The second-order valence-electron chi connectivity index (χ2n) is 4.46. The Labute approximate surface area is 111 Å². The minimum atomic E-state index is 0.510. The van der Waals surface area contributed by atoms with Gasteiger partial charge in [-0.25, -0.2) is 0 Å². The van der Waals surface area contributed by atoms with Crippen LogP contribution in [0.15, 0.2) is 48.8 Å². The van der Waals surface area contributed by atoms with Crippen molar-refractivity contribution in [2.45, 2.75) is 6.92 Å². The summed E-state index contributed by atoms with van der Waals surface area (Å²) in [5.74, 6) is 0.510. The van der Waals surface area contributed by atoms with Gasteiger partial charge in [0.2, 0.25) is 0 Å². The predicted octanol–water partition coefficient (Wildman–Crippen LogP) is 3.03. The third-order valence-electron chi connectivity index (χ3n) is 3.10. The van der Waals surface area contributed by atoms with Crippen LogP contribution in [0.2, 0.25) is 0 Å². The van der Waals surface area contributed by atoms with Gasteiger partial charge in [0.05, 0.1) is 11.3 Å². The van der Waals surface area contributed by atoms with E-state index in [0.717, 1.165) is 22.4 Å². The van der Waals surface area contributed by atoms with Crippen LogP contribution in [-0.2, 0) is 0 Å². The molecule has 0 bridgehead atoms. The number of anilines is 1. The van der Waals surface area contributed by atoms with Crippen molar-refractivity contribution in [2.24, 2.45) is 0 Å². The molecule has 0 radical (unpaired) electrons. The van der Waals surface area contributed by atoms with Gasteiger partial charge < -0.3 is 5.73 Å². The molecule has 0 unspecified atom stereocenters. The topological polar surface area (TPSA) is 67.6 Å². The lowest BCUT2D eigenvalue weighted by Crippen LogP contribution is -1.89. The van der Waals surface area contributed by atoms with Crippen molar-refractivity contribution in [3.8, 4) is 22.4 Å². The number of H-pyrrole nitrogens is 1. The van der Waals surface area contributed by atoms with Crippen LogP contribution in [0.1, 0.15) is 5.56 Å². The Kier molecular flexibility index (Phi) is 2.76. The van der Waals surface area contributed by atoms with Crippen molar-refractivity contribution in [3.63, 3.8) is 0 Å². The molecular weight excluding hydrogens is 236 g/mol. The van der Waals surface area contributed by atoms with E-state index in [9.17, 15) is 0 Å². The summed E-state index contributed by atoms with van der Waals surface area (Å²) in [4.78, 5) is 4.03. The number of hydrogen-bond acceptors (Lipinski definition) is 3. The van der Waals surface area contributed by atoms with Crippen LogP contribution >= 0.6 is 0 Å². The van der Waals surface area contributed by atoms with E-state index in [1.807, 2.05) is 12.1 Å². The van der Waals surface area contributed by atoms with Gasteiger partial charge in [-0.3, -0.25) is 10.1 Å². The minimum absolute atomic E-state index is 0.510. The number of aromatic amines is 1. The van der Waals surface area contributed by atoms with Crippen LogP contribution in [0, 0.1) is 6.92 Å². The molecule has 0 aliphatic carbocycles. The molecule has 0 aliphatic heterocycles. The number of benzene rings is 1. The zero-order valence-electron chi connectivity index (χ0n) is 10.6. The quantitative estimate of drug-likeness (QED) is 0.734. The Bertz CT molecular complexity index is 684. The number of aromatic nitrogens is 3. The lowest BCUT2D eigenvalue weighted by atomic mass is 10.0. The molecule has 0 aliphatic rings. The Balaban J connectivity index is 2.17. The summed E-state index contributed by atoms with van der Waals surface area (Å²) in [5, 5.41) is 7.12.